The van der Waals surface area contributed by atoms with Crippen molar-refractivity contribution in [2.24, 2.45) is 0 Å². The number of rotatable bonds is 3. The van der Waals surface area contributed by atoms with Crippen LogP contribution in [0.4, 0.5) is 0 Å². The lowest BCUT2D eigenvalue weighted by Crippen LogP contribution is -1.87. The van der Waals surface area contributed by atoms with E-state index in [0.29, 0.717) is 6.61 Å². The van der Waals surface area contributed by atoms with Crippen molar-refractivity contribution in [2.75, 3.05) is 7.11 Å². The highest BCUT2D eigenvalue weighted by molar-refractivity contribution is 9.10. The largest absolute Gasteiger partial charge is 0.380 e. The van der Waals surface area contributed by atoms with E-state index >= 15 is 0 Å². The predicted octanol–water partition coefficient (Wildman–Crippen LogP) is 3.24. The molecule has 1 nitrogen and oxygen atoms in total. The smallest absolute Gasteiger partial charge is 0.0713 e. The SMILES string of the molecule is C=Cc1ccc(COC)cc1Br. The van der Waals surface area contributed by atoms with Gasteiger partial charge in [-0.3, -0.25) is 0 Å². The quantitative estimate of drug-likeness (QED) is 0.770. The van der Waals surface area contributed by atoms with Crippen LogP contribution in [0.25, 0.3) is 6.08 Å². The molecule has 0 aromatic heterocycles. The van der Waals surface area contributed by atoms with Crippen LogP contribution in [-0.2, 0) is 11.3 Å². The van der Waals surface area contributed by atoms with Crippen LogP contribution >= 0.6 is 15.9 Å². The van der Waals surface area contributed by atoms with Crippen LogP contribution in [0.5, 0.6) is 0 Å². The molecule has 0 spiro atoms. The van der Waals surface area contributed by atoms with Gasteiger partial charge in [0.15, 0.2) is 0 Å². The highest BCUT2D eigenvalue weighted by Crippen LogP contribution is 2.19. The standard InChI is InChI=1S/C10H11BrO/c1-3-9-5-4-8(7-12-2)6-10(9)11/h3-6H,1,7H2,2H3. The van der Waals surface area contributed by atoms with E-state index in [2.05, 4.69) is 22.5 Å². The van der Waals surface area contributed by atoms with Crippen LogP contribution in [0.15, 0.2) is 29.3 Å². The zero-order valence-electron chi connectivity index (χ0n) is 7.01. The van der Waals surface area contributed by atoms with Crippen LogP contribution in [0.3, 0.4) is 0 Å². The van der Waals surface area contributed by atoms with E-state index in [1.165, 1.54) is 0 Å². The van der Waals surface area contributed by atoms with Crippen LogP contribution < -0.4 is 0 Å². The van der Waals surface area contributed by atoms with Crippen molar-refractivity contribution in [1.82, 2.24) is 0 Å². The minimum atomic E-state index is 0.649. The van der Waals surface area contributed by atoms with Gasteiger partial charge in [-0.1, -0.05) is 40.7 Å². The third-order valence-corrected chi connectivity index (χ3v) is 2.28. The first-order valence-corrected chi connectivity index (χ1v) is 4.47. The van der Waals surface area contributed by atoms with Gasteiger partial charge in [-0.25, -0.2) is 0 Å². The van der Waals surface area contributed by atoms with Crippen molar-refractivity contribution in [3.05, 3.63) is 40.4 Å². The van der Waals surface area contributed by atoms with Crippen molar-refractivity contribution in [2.45, 2.75) is 6.61 Å². The highest BCUT2D eigenvalue weighted by Gasteiger charge is 1.97. The average molecular weight is 227 g/mol. The summed E-state index contributed by atoms with van der Waals surface area (Å²) < 4.78 is 6.07. The Morgan fingerprint density at radius 3 is 2.83 bits per heavy atom. The second kappa shape index (κ2) is 4.43. The van der Waals surface area contributed by atoms with E-state index < -0.39 is 0 Å². The molecule has 0 unspecified atom stereocenters. The molecule has 1 rings (SSSR count). The van der Waals surface area contributed by atoms with E-state index in [9.17, 15) is 0 Å². The summed E-state index contributed by atoms with van der Waals surface area (Å²) in [4.78, 5) is 0. The van der Waals surface area contributed by atoms with Crippen molar-refractivity contribution < 1.29 is 4.74 Å². The fourth-order valence-corrected chi connectivity index (χ4v) is 1.58. The fourth-order valence-electron chi connectivity index (χ4n) is 0.993. The van der Waals surface area contributed by atoms with Gasteiger partial charge in [0.25, 0.3) is 0 Å². The summed E-state index contributed by atoms with van der Waals surface area (Å²) in [6.45, 7) is 4.35. The molecular weight excluding hydrogens is 216 g/mol. The number of hydrogen-bond donors (Lipinski definition) is 0. The summed E-state index contributed by atoms with van der Waals surface area (Å²) in [5.41, 5.74) is 2.27. The minimum absolute atomic E-state index is 0.649. The Bertz CT molecular complexity index is 281. The lowest BCUT2D eigenvalue weighted by Gasteiger charge is -2.02. The summed E-state index contributed by atoms with van der Waals surface area (Å²) in [5, 5.41) is 0. The van der Waals surface area contributed by atoms with Gasteiger partial charge < -0.3 is 4.74 Å². The molecule has 0 radical (unpaired) electrons. The monoisotopic (exact) mass is 226 g/mol. The Hall–Kier alpha value is -0.600. The molecule has 0 saturated carbocycles. The van der Waals surface area contributed by atoms with Crippen LogP contribution in [0.2, 0.25) is 0 Å². The van der Waals surface area contributed by atoms with Gasteiger partial charge in [0.1, 0.15) is 0 Å². The molecule has 2 heteroatoms. The highest BCUT2D eigenvalue weighted by atomic mass is 79.9. The first-order chi connectivity index (χ1) is 5.77. The number of hydrogen-bond acceptors (Lipinski definition) is 1. The number of halogens is 1. The molecule has 0 amide bonds. The Morgan fingerprint density at radius 2 is 2.33 bits per heavy atom. The molecule has 12 heavy (non-hydrogen) atoms. The van der Waals surface area contributed by atoms with Crippen LogP contribution in [0, 0.1) is 0 Å². The third-order valence-electron chi connectivity index (χ3n) is 1.60. The fraction of sp³-hybridized carbons (Fsp3) is 0.200. The number of benzene rings is 1. The minimum Gasteiger partial charge on any atom is -0.380 e. The van der Waals surface area contributed by atoms with Crippen LogP contribution in [0.1, 0.15) is 11.1 Å². The molecule has 0 N–H and O–H groups in total. The van der Waals surface area contributed by atoms with Crippen molar-refractivity contribution in [3.63, 3.8) is 0 Å². The predicted molar refractivity (Wildman–Crippen MR) is 54.9 cm³/mol. The third kappa shape index (κ3) is 2.19. The normalized spacial score (nSPS) is 9.83. The Kier molecular flexibility index (Phi) is 3.50. The molecule has 1 aromatic rings. The second-order valence-electron chi connectivity index (χ2n) is 2.49. The molecule has 0 aliphatic heterocycles. The first-order valence-electron chi connectivity index (χ1n) is 3.67. The lowest BCUT2D eigenvalue weighted by molar-refractivity contribution is 0.185. The Labute approximate surface area is 81.2 Å². The zero-order valence-corrected chi connectivity index (χ0v) is 8.60. The van der Waals surface area contributed by atoms with Gasteiger partial charge in [0.05, 0.1) is 6.61 Å². The van der Waals surface area contributed by atoms with E-state index in [1.54, 1.807) is 7.11 Å². The first kappa shape index (κ1) is 9.49. The van der Waals surface area contributed by atoms with Crippen LogP contribution in [-0.4, -0.2) is 7.11 Å². The maximum atomic E-state index is 5.01. The maximum Gasteiger partial charge on any atom is 0.0713 e. The van der Waals surface area contributed by atoms with E-state index in [0.717, 1.165) is 15.6 Å². The molecule has 0 aliphatic rings. The second-order valence-corrected chi connectivity index (χ2v) is 3.35. The maximum absolute atomic E-state index is 5.01. The molecular formula is C10H11BrO. The molecule has 0 saturated heterocycles. The van der Waals surface area contributed by atoms with Gasteiger partial charge in [-0.05, 0) is 17.2 Å². The Balaban J connectivity index is 2.93. The summed E-state index contributed by atoms with van der Waals surface area (Å²) in [5.74, 6) is 0. The molecule has 1 aromatic carbocycles. The molecule has 0 heterocycles. The van der Waals surface area contributed by atoms with Gasteiger partial charge >= 0.3 is 0 Å². The molecule has 0 aliphatic carbocycles. The molecule has 64 valence electrons. The van der Waals surface area contributed by atoms with E-state index in [-0.39, 0.29) is 0 Å². The van der Waals surface area contributed by atoms with Gasteiger partial charge in [0.2, 0.25) is 0 Å². The van der Waals surface area contributed by atoms with Gasteiger partial charge in [0, 0.05) is 11.6 Å². The topological polar surface area (TPSA) is 9.23 Å². The van der Waals surface area contributed by atoms with Gasteiger partial charge in [-0.2, -0.15) is 0 Å². The van der Waals surface area contributed by atoms with Crippen molar-refractivity contribution in [1.29, 1.82) is 0 Å². The van der Waals surface area contributed by atoms with E-state index in [1.807, 2.05) is 24.3 Å². The van der Waals surface area contributed by atoms with Crippen molar-refractivity contribution >= 4 is 22.0 Å². The number of methoxy groups -OCH3 is 1. The Morgan fingerprint density at radius 1 is 1.58 bits per heavy atom. The van der Waals surface area contributed by atoms with Gasteiger partial charge in [-0.15, -0.1) is 0 Å². The summed E-state index contributed by atoms with van der Waals surface area (Å²) in [6.07, 6.45) is 1.82. The molecule has 0 atom stereocenters. The van der Waals surface area contributed by atoms with Crippen molar-refractivity contribution in [3.8, 4) is 0 Å². The molecule has 0 bridgehead atoms. The lowest BCUT2D eigenvalue weighted by atomic mass is 10.1. The summed E-state index contributed by atoms with van der Waals surface area (Å²) in [7, 11) is 1.69. The molecule has 0 fully saturated rings. The number of ether oxygens (including phenoxy) is 1. The zero-order chi connectivity index (χ0) is 8.97. The average Bonchev–Trinajstić information content (AvgIpc) is 2.05. The van der Waals surface area contributed by atoms with E-state index in [4.69, 9.17) is 4.74 Å². The summed E-state index contributed by atoms with van der Waals surface area (Å²) >= 11 is 3.45. The summed E-state index contributed by atoms with van der Waals surface area (Å²) in [6, 6.07) is 6.09.